The lowest BCUT2D eigenvalue weighted by Gasteiger charge is -2.32. The molecule has 3 rings (SSSR count). The third kappa shape index (κ3) is 3.87. The monoisotopic (exact) mass is 341 g/mol. The van der Waals surface area contributed by atoms with E-state index in [-0.39, 0.29) is 11.7 Å². The number of hydrogen-bond donors (Lipinski definition) is 1. The van der Waals surface area contributed by atoms with Crippen LogP contribution in [0.4, 0.5) is 0 Å². The average Bonchev–Trinajstić information content (AvgIpc) is 2.67. The van der Waals surface area contributed by atoms with Crippen LogP contribution in [0.5, 0.6) is 17.2 Å². The van der Waals surface area contributed by atoms with E-state index in [1.165, 1.54) is 5.56 Å². The summed E-state index contributed by atoms with van der Waals surface area (Å²) in [5, 5.41) is 9.41. The lowest BCUT2D eigenvalue weighted by atomic mass is 9.89. The number of ether oxygens (including phenoxy) is 2. The van der Waals surface area contributed by atoms with Crippen LogP contribution in [-0.4, -0.2) is 43.2 Å². The summed E-state index contributed by atoms with van der Waals surface area (Å²) in [4.78, 5) is 14.7. The van der Waals surface area contributed by atoms with E-state index < -0.39 is 0 Å². The average molecular weight is 341 g/mol. The zero-order valence-electron chi connectivity index (χ0n) is 14.6. The number of carbonyl (C=O) groups excluding carboxylic acids is 1. The Hall–Kier alpha value is -2.69. The minimum atomic E-state index is 0.00126. The molecule has 0 unspecified atom stereocenters. The highest BCUT2D eigenvalue weighted by molar-refractivity contribution is 5.95. The first-order chi connectivity index (χ1) is 12.1. The minimum Gasteiger partial charge on any atom is -0.508 e. The van der Waals surface area contributed by atoms with Gasteiger partial charge in [0.2, 0.25) is 0 Å². The first kappa shape index (κ1) is 17.1. The Morgan fingerprint density at radius 1 is 1.00 bits per heavy atom. The highest BCUT2D eigenvalue weighted by Crippen LogP contribution is 2.30. The Bertz CT molecular complexity index is 712. The van der Waals surface area contributed by atoms with Crippen LogP contribution in [0.1, 0.15) is 34.7 Å². The van der Waals surface area contributed by atoms with Crippen molar-refractivity contribution in [3.8, 4) is 17.2 Å². The molecular formula is C20H23NO4. The molecular weight excluding hydrogens is 318 g/mol. The molecule has 0 spiro atoms. The molecule has 25 heavy (non-hydrogen) atoms. The van der Waals surface area contributed by atoms with Gasteiger partial charge in [-0.05, 0) is 48.6 Å². The summed E-state index contributed by atoms with van der Waals surface area (Å²) in [6.45, 7) is 1.42. The van der Waals surface area contributed by atoms with Crippen LogP contribution < -0.4 is 9.47 Å². The van der Waals surface area contributed by atoms with Gasteiger partial charge < -0.3 is 19.5 Å². The van der Waals surface area contributed by atoms with Gasteiger partial charge in [-0.15, -0.1) is 0 Å². The van der Waals surface area contributed by atoms with Crippen LogP contribution in [0, 0.1) is 0 Å². The van der Waals surface area contributed by atoms with Gasteiger partial charge in [0.25, 0.3) is 5.91 Å². The number of rotatable bonds is 4. The molecule has 0 saturated carbocycles. The molecule has 1 aliphatic rings. The molecule has 5 heteroatoms. The number of nitrogens with zero attached hydrogens (tertiary/aromatic N) is 1. The van der Waals surface area contributed by atoms with E-state index in [0.29, 0.717) is 36.1 Å². The lowest BCUT2D eigenvalue weighted by molar-refractivity contribution is 0.0712. The van der Waals surface area contributed by atoms with Gasteiger partial charge in [0.05, 0.1) is 14.2 Å². The maximum atomic E-state index is 12.8. The largest absolute Gasteiger partial charge is 0.508 e. The van der Waals surface area contributed by atoms with Gasteiger partial charge in [0, 0.05) is 24.7 Å². The van der Waals surface area contributed by atoms with Crippen molar-refractivity contribution in [2.45, 2.75) is 18.8 Å². The van der Waals surface area contributed by atoms with Crippen molar-refractivity contribution >= 4 is 5.91 Å². The van der Waals surface area contributed by atoms with Gasteiger partial charge in [0.1, 0.15) is 17.2 Å². The van der Waals surface area contributed by atoms with Gasteiger partial charge in [-0.1, -0.05) is 12.1 Å². The number of benzene rings is 2. The molecule has 0 aromatic heterocycles. The maximum Gasteiger partial charge on any atom is 0.254 e. The first-order valence-corrected chi connectivity index (χ1v) is 8.42. The van der Waals surface area contributed by atoms with Gasteiger partial charge in [0.15, 0.2) is 0 Å². The van der Waals surface area contributed by atoms with Gasteiger partial charge in [-0.25, -0.2) is 0 Å². The zero-order valence-corrected chi connectivity index (χ0v) is 14.6. The van der Waals surface area contributed by atoms with Crippen LogP contribution in [-0.2, 0) is 0 Å². The molecule has 0 atom stereocenters. The fraction of sp³-hybridized carbons (Fsp3) is 0.350. The Labute approximate surface area is 147 Å². The van der Waals surface area contributed by atoms with Crippen molar-refractivity contribution < 1.29 is 19.4 Å². The van der Waals surface area contributed by atoms with Crippen LogP contribution >= 0.6 is 0 Å². The summed E-state index contributed by atoms with van der Waals surface area (Å²) in [5.41, 5.74) is 1.80. The first-order valence-electron chi connectivity index (χ1n) is 8.42. The normalized spacial score (nSPS) is 15.0. The number of carbonyl (C=O) groups is 1. The Morgan fingerprint density at radius 2 is 1.56 bits per heavy atom. The molecule has 1 aliphatic heterocycles. The highest BCUT2D eigenvalue weighted by atomic mass is 16.5. The van der Waals surface area contributed by atoms with Gasteiger partial charge in [-0.3, -0.25) is 4.79 Å². The van der Waals surface area contributed by atoms with E-state index in [1.54, 1.807) is 44.6 Å². The molecule has 2 aromatic rings. The Kier molecular flexibility index (Phi) is 5.12. The van der Waals surface area contributed by atoms with Gasteiger partial charge in [-0.2, -0.15) is 0 Å². The fourth-order valence-corrected chi connectivity index (χ4v) is 3.28. The molecule has 132 valence electrons. The molecule has 1 heterocycles. The summed E-state index contributed by atoms with van der Waals surface area (Å²) >= 11 is 0. The van der Waals surface area contributed by atoms with E-state index in [4.69, 9.17) is 9.47 Å². The van der Waals surface area contributed by atoms with Crippen molar-refractivity contribution in [2.24, 2.45) is 0 Å². The molecule has 2 aromatic carbocycles. The van der Waals surface area contributed by atoms with E-state index >= 15 is 0 Å². The summed E-state index contributed by atoms with van der Waals surface area (Å²) in [6, 6.07) is 12.6. The van der Waals surface area contributed by atoms with E-state index in [9.17, 15) is 9.90 Å². The highest BCUT2D eigenvalue weighted by Gasteiger charge is 2.25. The molecule has 0 bridgehead atoms. The molecule has 1 saturated heterocycles. The van der Waals surface area contributed by atoms with Crippen LogP contribution in [0.25, 0.3) is 0 Å². The smallest absolute Gasteiger partial charge is 0.254 e. The number of aromatic hydroxyl groups is 1. The summed E-state index contributed by atoms with van der Waals surface area (Å²) < 4.78 is 10.5. The number of methoxy groups -OCH3 is 2. The van der Waals surface area contributed by atoms with Crippen molar-refractivity contribution in [2.75, 3.05) is 27.3 Å². The van der Waals surface area contributed by atoms with E-state index in [2.05, 4.69) is 0 Å². The zero-order chi connectivity index (χ0) is 17.8. The van der Waals surface area contributed by atoms with Crippen molar-refractivity contribution in [3.63, 3.8) is 0 Å². The van der Waals surface area contributed by atoms with Crippen molar-refractivity contribution in [3.05, 3.63) is 53.6 Å². The molecule has 0 radical (unpaired) electrons. The standard InChI is InChI=1S/C20H23NO4/c1-24-18-11-16(12-19(13-18)25-2)20(23)21-9-7-15(8-10-21)14-3-5-17(22)6-4-14/h3-6,11-13,15,22H,7-10H2,1-2H3. The Morgan fingerprint density at radius 3 is 2.08 bits per heavy atom. The molecule has 1 fully saturated rings. The quantitative estimate of drug-likeness (QED) is 0.926. The predicted molar refractivity (Wildman–Crippen MR) is 95.5 cm³/mol. The Balaban J connectivity index is 1.68. The lowest BCUT2D eigenvalue weighted by Crippen LogP contribution is -2.37. The van der Waals surface area contributed by atoms with Crippen molar-refractivity contribution in [1.82, 2.24) is 4.90 Å². The molecule has 0 aliphatic carbocycles. The number of phenols is 1. The van der Waals surface area contributed by atoms with Crippen LogP contribution in [0.2, 0.25) is 0 Å². The van der Waals surface area contributed by atoms with E-state index in [1.807, 2.05) is 17.0 Å². The SMILES string of the molecule is COc1cc(OC)cc(C(=O)N2CCC(c3ccc(O)cc3)CC2)c1. The van der Waals surface area contributed by atoms with E-state index in [0.717, 1.165) is 12.8 Å². The second-order valence-corrected chi connectivity index (χ2v) is 6.26. The molecule has 5 nitrogen and oxygen atoms in total. The second-order valence-electron chi connectivity index (χ2n) is 6.26. The second kappa shape index (κ2) is 7.47. The van der Waals surface area contributed by atoms with Crippen molar-refractivity contribution in [1.29, 1.82) is 0 Å². The van der Waals surface area contributed by atoms with Crippen LogP contribution in [0.3, 0.4) is 0 Å². The number of likely N-dealkylation sites (tertiary alicyclic amines) is 1. The molecule has 1 amide bonds. The summed E-state index contributed by atoms with van der Waals surface area (Å²) in [7, 11) is 3.15. The number of phenolic OH excluding ortho intramolecular Hbond substituents is 1. The topological polar surface area (TPSA) is 59.0 Å². The number of piperidine rings is 1. The summed E-state index contributed by atoms with van der Waals surface area (Å²) in [6.07, 6.45) is 1.83. The minimum absolute atomic E-state index is 0.00126. The summed E-state index contributed by atoms with van der Waals surface area (Å²) in [5.74, 6) is 1.93. The number of hydrogen-bond acceptors (Lipinski definition) is 4. The van der Waals surface area contributed by atoms with Gasteiger partial charge >= 0.3 is 0 Å². The predicted octanol–water partition coefficient (Wildman–Crippen LogP) is 3.43. The third-order valence-electron chi connectivity index (χ3n) is 4.75. The van der Waals surface area contributed by atoms with Crippen LogP contribution in [0.15, 0.2) is 42.5 Å². The molecule has 1 N–H and O–H groups in total. The maximum absolute atomic E-state index is 12.8. The third-order valence-corrected chi connectivity index (χ3v) is 4.75. The number of amides is 1. The fourth-order valence-electron chi connectivity index (χ4n) is 3.28.